The summed E-state index contributed by atoms with van der Waals surface area (Å²) in [5, 5.41) is 11.3. The van der Waals surface area contributed by atoms with Crippen LogP contribution < -0.4 is 5.32 Å². The smallest absolute Gasteiger partial charge is 0.373 e. The Balaban J connectivity index is 1.93. The summed E-state index contributed by atoms with van der Waals surface area (Å²) >= 11 is 12.7. The number of aromatic nitrogens is 1. The number of fused-ring (bicyclic) bond motifs is 1. The first-order valence-corrected chi connectivity index (χ1v) is 11.0. The number of nitrogens with zero attached hydrogens (tertiary/aromatic N) is 1. The Morgan fingerprint density at radius 2 is 1.83 bits per heavy atom. The van der Waals surface area contributed by atoms with E-state index in [0.717, 1.165) is 29.5 Å². The van der Waals surface area contributed by atoms with E-state index >= 15 is 0 Å². The molecule has 0 aliphatic heterocycles. The number of alkyl halides is 3. The van der Waals surface area contributed by atoms with Crippen molar-refractivity contribution in [2.45, 2.75) is 27.9 Å². The number of sulfone groups is 1. The molecular formula is C17H11Cl2F3N2O4S2. The quantitative estimate of drug-likeness (QED) is 0.543. The fraction of sp³-hybridized carbons (Fsp3) is 0.176. The van der Waals surface area contributed by atoms with Gasteiger partial charge in [-0.2, -0.15) is 13.2 Å². The van der Waals surface area contributed by atoms with Crippen LogP contribution in [0, 0.1) is 0 Å². The van der Waals surface area contributed by atoms with Crippen molar-refractivity contribution in [1.82, 2.24) is 4.98 Å². The standard InChI is InChI=1S/C17H11Cl2F3N2O4S2/c1-16(26,17(20,21)22)14(25)23-11-4-3-9(7-10(11)19)30(27,28)15-24-12-6-8(18)2-5-13(12)29-15/h2-7,26H,1H3,(H,23,25)/t16-/m1/s1. The van der Waals surface area contributed by atoms with Gasteiger partial charge in [0.1, 0.15) is 0 Å². The lowest BCUT2D eigenvalue weighted by atomic mass is 10.1. The minimum atomic E-state index is -5.22. The number of aliphatic hydroxyl groups is 1. The molecular weight excluding hydrogens is 488 g/mol. The minimum absolute atomic E-state index is 0.229. The number of hydrogen-bond acceptors (Lipinski definition) is 6. The van der Waals surface area contributed by atoms with E-state index in [-0.39, 0.29) is 26.9 Å². The number of amides is 1. The number of rotatable bonds is 4. The molecule has 3 rings (SSSR count). The van der Waals surface area contributed by atoms with Crippen LogP contribution in [0.1, 0.15) is 6.92 Å². The van der Waals surface area contributed by atoms with Gasteiger partial charge in [0, 0.05) is 5.02 Å². The average molecular weight is 499 g/mol. The van der Waals surface area contributed by atoms with E-state index in [1.807, 2.05) is 5.32 Å². The molecule has 1 amide bonds. The molecule has 6 nitrogen and oxygen atoms in total. The van der Waals surface area contributed by atoms with E-state index in [2.05, 4.69) is 4.98 Å². The highest BCUT2D eigenvalue weighted by molar-refractivity contribution is 7.93. The summed E-state index contributed by atoms with van der Waals surface area (Å²) < 4.78 is 64.4. The molecule has 0 aliphatic rings. The van der Waals surface area contributed by atoms with Crippen molar-refractivity contribution >= 4 is 66.2 Å². The Hall–Kier alpha value is -1.92. The van der Waals surface area contributed by atoms with Crippen LogP contribution in [-0.4, -0.2) is 36.2 Å². The molecule has 30 heavy (non-hydrogen) atoms. The highest BCUT2D eigenvalue weighted by Crippen LogP contribution is 2.35. The summed E-state index contributed by atoms with van der Waals surface area (Å²) in [6.45, 7) is 0.286. The van der Waals surface area contributed by atoms with Gasteiger partial charge in [-0.15, -0.1) is 11.3 Å². The zero-order valence-corrected chi connectivity index (χ0v) is 17.9. The van der Waals surface area contributed by atoms with Crippen molar-refractivity contribution < 1.29 is 31.5 Å². The number of carbonyl (C=O) groups is 1. The molecule has 2 aromatic carbocycles. The maximum Gasteiger partial charge on any atom is 0.426 e. The van der Waals surface area contributed by atoms with Gasteiger partial charge >= 0.3 is 6.18 Å². The zero-order chi connectivity index (χ0) is 22.5. The third-order valence-electron chi connectivity index (χ3n) is 4.05. The van der Waals surface area contributed by atoms with E-state index in [0.29, 0.717) is 15.2 Å². The number of nitrogens with one attached hydrogen (secondary N) is 1. The Bertz CT molecular complexity index is 1260. The summed E-state index contributed by atoms with van der Waals surface area (Å²) in [7, 11) is -4.10. The van der Waals surface area contributed by atoms with Crippen LogP contribution in [0.2, 0.25) is 10.0 Å². The van der Waals surface area contributed by atoms with Crippen LogP contribution in [-0.2, 0) is 14.6 Å². The van der Waals surface area contributed by atoms with E-state index in [9.17, 15) is 31.5 Å². The third-order valence-corrected chi connectivity index (χ3v) is 7.77. The van der Waals surface area contributed by atoms with Crippen LogP contribution in [0.15, 0.2) is 45.6 Å². The van der Waals surface area contributed by atoms with Gasteiger partial charge in [-0.3, -0.25) is 4.79 Å². The van der Waals surface area contributed by atoms with E-state index < -0.39 is 27.5 Å². The van der Waals surface area contributed by atoms with Crippen molar-refractivity contribution in [3.8, 4) is 0 Å². The fourth-order valence-electron chi connectivity index (χ4n) is 2.23. The molecule has 1 heterocycles. The molecule has 1 aromatic heterocycles. The number of benzene rings is 2. The second-order valence-corrected chi connectivity index (χ2v) is 10.3. The van der Waals surface area contributed by atoms with Crippen LogP contribution in [0.5, 0.6) is 0 Å². The summed E-state index contributed by atoms with van der Waals surface area (Å²) in [5.74, 6) is -1.77. The molecule has 0 spiro atoms. The lowest BCUT2D eigenvalue weighted by Gasteiger charge is -2.25. The van der Waals surface area contributed by atoms with Crippen molar-refractivity contribution in [3.05, 3.63) is 46.4 Å². The summed E-state index contributed by atoms with van der Waals surface area (Å²) in [6.07, 6.45) is -5.22. The van der Waals surface area contributed by atoms with Crippen LogP contribution in [0.4, 0.5) is 18.9 Å². The Morgan fingerprint density at radius 1 is 1.17 bits per heavy atom. The van der Waals surface area contributed by atoms with Gasteiger partial charge in [0.25, 0.3) is 5.91 Å². The van der Waals surface area contributed by atoms with Crippen LogP contribution >= 0.6 is 34.5 Å². The second-order valence-electron chi connectivity index (χ2n) is 6.26. The lowest BCUT2D eigenvalue weighted by Crippen LogP contribution is -2.52. The lowest BCUT2D eigenvalue weighted by molar-refractivity contribution is -0.242. The van der Waals surface area contributed by atoms with E-state index in [1.165, 1.54) is 6.07 Å². The monoisotopic (exact) mass is 498 g/mol. The van der Waals surface area contributed by atoms with Gasteiger partial charge in [0.2, 0.25) is 19.8 Å². The average Bonchev–Trinajstić information content (AvgIpc) is 3.06. The third kappa shape index (κ3) is 4.12. The molecule has 0 bridgehead atoms. The van der Waals surface area contributed by atoms with Gasteiger partial charge < -0.3 is 10.4 Å². The second kappa shape index (κ2) is 7.65. The first kappa shape index (κ1) is 22.8. The largest absolute Gasteiger partial charge is 0.426 e. The van der Waals surface area contributed by atoms with Crippen LogP contribution in [0.25, 0.3) is 10.2 Å². The number of hydrogen-bond donors (Lipinski definition) is 2. The highest BCUT2D eigenvalue weighted by Gasteiger charge is 2.55. The van der Waals surface area contributed by atoms with Gasteiger partial charge in [-0.1, -0.05) is 23.2 Å². The predicted molar refractivity (Wildman–Crippen MR) is 107 cm³/mol. The molecule has 0 saturated carbocycles. The van der Waals surface area contributed by atoms with E-state index in [1.54, 1.807) is 12.1 Å². The molecule has 1 atom stereocenters. The van der Waals surface area contributed by atoms with Crippen molar-refractivity contribution in [2.75, 3.05) is 5.32 Å². The molecule has 3 aromatic rings. The molecule has 0 fully saturated rings. The van der Waals surface area contributed by atoms with Crippen LogP contribution in [0.3, 0.4) is 0 Å². The van der Waals surface area contributed by atoms with Gasteiger partial charge in [0.05, 0.1) is 25.8 Å². The zero-order valence-electron chi connectivity index (χ0n) is 14.8. The van der Waals surface area contributed by atoms with E-state index in [4.69, 9.17) is 23.2 Å². The molecule has 0 unspecified atom stereocenters. The minimum Gasteiger partial charge on any atom is -0.373 e. The molecule has 0 aliphatic carbocycles. The van der Waals surface area contributed by atoms with Gasteiger partial charge in [-0.25, -0.2) is 13.4 Å². The first-order chi connectivity index (χ1) is 13.7. The SMILES string of the molecule is C[C@@](O)(C(=O)Nc1ccc(S(=O)(=O)c2nc3cc(Cl)ccc3s2)cc1Cl)C(F)(F)F. The highest BCUT2D eigenvalue weighted by atomic mass is 35.5. The van der Waals surface area contributed by atoms with Crippen molar-refractivity contribution in [2.24, 2.45) is 0 Å². The molecule has 2 N–H and O–H groups in total. The number of carbonyl (C=O) groups excluding carboxylic acids is 1. The molecule has 13 heteroatoms. The van der Waals surface area contributed by atoms with Gasteiger partial charge in [0.15, 0.2) is 0 Å². The van der Waals surface area contributed by atoms with Gasteiger partial charge in [-0.05, 0) is 43.3 Å². The van der Waals surface area contributed by atoms with Crippen molar-refractivity contribution in [1.29, 1.82) is 0 Å². The fourth-order valence-corrected chi connectivity index (χ4v) is 5.31. The Kier molecular flexibility index (Phi) is 5.80. The number of halogens is 5. The topological polar surface area (TPSA) is 96.4 Å². The Labute approximate surface area is 182 Å². The maximum atomic E-state index is 12.8. The summed E-state index contributed by atoms with van der Waals surface area (Å²) in [4.78, 5) is 15.6. The Morgan fingerprint density at radius 3 is 2.43 bits per heavy atom. The predicted octanol–water partition coefficient (Wildman–Crippen LogP) is 4.69. The number of thiazole rings is 1. The normalized spacial score (nSPS) is 14.5. The molecule has 160 valence electrons. The molecule has 0 radical (unpaired) electrons. The number of anilines is 1. The first-order valence-electron chi connectivity index (χ1n) is 7.95. The summed E-state index contributed by atoms with van der Waals surface area (Å²) in [6, 6.07) is 7.75. The molecule has 0 saturated heterocycles. The van der Waals surface area contributed by atoms with Crippen molar-refractivity contribution in [3.63, 3.8) is 0 Å². The maximum absolute atomic E-state index is 12.8. The summed E-state index contributed by atoms with van der Waals surface area (Å²) in [5.41, 5.74) is -3.58.